The fourth-order valence-electron chi connectivity index (χ4n) is 1.38. The third-order valence-electron chi connectivity index (χ3n) is 2.47. The van der Waals surface area contributed by atoms with Gasteiger partial charge in [-0.1, -0.05) is 19.0 Å². The molecule has 0 radical (unpaired) electrons. The highest BCUT2D eigenvalue weighted by atomic mass is 16.5. The number of ether oxygens (including phenoxy) is 1. The van der Waals surface area contributed by atoms with Crippen molar-refractivity contribution in [1.29, 1.82) is 0 Å². The lowest BCUT2D eigenvalue weighted by molar-refractivity contribution is 0.242. The highest BCUT2D eigenvalue weighted by molar-refractivity contribution is 5.12. The van der Waals surface area contributed by atoms with Crippen molar-refractivity contribution in [2.75, 3.05) is 0 Å². The Hall–Kier alpha value is -1.85. The zero-order valence-corrected chi connectivity index (χ0v) is 11.1. The van der Waals surface area contributed by atoms with Gasteiger partial charge in [0, 0.05) is 12.0 Å². The highest BCUT2D eigenvalue weighted by Gasteiger charge is 2.10. The van der Waals surface area contributed by atoms with Gasteiger partial charge in [-0.05, 0) is 13.8 Å². The summed E-state index contributed by atoms with van der Waals surface area (Å²) in [5.74, 6) is 2.14. The fraction of sp³-hybridized carbons (Fsp3) is 0.583. The van der Waals surface area contributed by atoms with E-state index >= 15 is 0 Å². The molecule has 0 spiro atoms. The van der Waals surface area contributed by atoms with Crippen molar-refractivity contribution in [3.8, 4) is 5.75 Å². The molecule has 18 heavy (non-hydrogen) atoms. The lowest BCUT2D eigenvalue weighted by Crippen LogP contribution is -2.00. The summed E-state index contributed by atoms with van der Waals surface area (Å²) in [6.45, 7) is 8.42. The normalized spacial score (nSPS) is 11.4. The predicted octanol–water partition coefficient (Wildman–Crippen LogP) is 2.55. The zero-order valence-electron chi connectivity index (χ0n) is 11.1. The van der Waals surface area contributed by atoms with E-state index in [2.05, 4.69) is 29.1 Å². The second kappa shape index (κ2) is 5.20. The summed E-state index contributed by atoms with van der Waals surface area (Å²) in [6.07, 6.45) is 3.53. The first kappa shape index (κ1) is 12.6. The molecule has 6 heteroatoms. The second-order valence-corrected chi connectivity index (χ2v) is 4.74. The van der Waals surface area contributed by atoms with Gasteiger partial charge in [-0.25, -0.2) is 0 Å². The van der Waals surface area contributed by atoms with Crippen molar-refractivity contribution in [2.45, 2.75) is 46.3 Å². The molecule has 0 N–H and O–H groups in total. The molecule has 0 bridgehead atoms. The Kier molecular flexibility index (Phi) is 3.64. The first-order valence-electron chi connectivity index (χ1n) is 6.05. The minimum absolute atomic E-state index is 0.256. The maximum absolute atomic E-state index is 5.54. The molecule has 6 nitrogen and oxygen atoms in total. The van der Waals surface area contributed by atoms with E-state index in [1.807, 2.05) is 24.7 Å². The molecule has 0 fully saturated rings. The highest BCUT2D eigenvalue weighted by Crippen LogP contribution is 2.15. The minimum atomic E-state index is 0.256. The van der Waals surface area contributed by atoms with Gasteiger partial charge in [0.05, 0.1) is 12.4 Å². The largest absolute Gasteiger partial charge is 0.480 e. The standard InChI is InChI=1S/C12H18N4O2/c1-8(2)12-14-11(18-15-12)7-17-10-5-13-16(6-10)9(3)4/h5-6,8-9H,7H2,1-4H3. The Labute approximate surface area is 106 Å². The van der Waals surface area contributed by atoms with Gasteiger partial charge >= 0.3 is 0 Å². The van der Waals surface area contributed by atoms with Gasteiger partial charge in [-0.2, -0.15) is 10.1 Å². The lowest BCUT2D eigenvalue weighted by Gasteiger charge is -2.03. The maximum Gasteiger partial charge on any atom is 0.264 e. The molecule has 0 aliphatic carbocycles. The van der Waals surface area contributed by atoms with Crippen molar-refractivity contribution in [3.05, 3.63) is 24.1 Å². The van der Waals surface area contributed by atoms with Crippen molar-refractivity contribution in [1.82, 2.24) is 19.9 Å². The summed E-state index contributed by atoms with van der Waals surface area (Å²) in [5, 5.41) is 8.06. The van der Waals surface area contributed by atoms with Crippen LogP contribution >= 0.6 is 0 Å². The van der Waals surface area contributed by atoms with E-state index in [-0.39, 0.29) is 12.5 Å². The number of hydrogen-bond acceptors (Lipinski definition) is 5. The van der Waals surface area contributed by atoms with Crippen LogP contribution in [0.15, 0.2) is 16.9 Å². The van der Waals surface area contributed by atoms with Crippen molar-refractivity contribution in [3.63, 3.8) is 0 Å². The van der Waals surface area contributed by atoms with Crippen LogP contribution < -0.4 is 4.74 Å². The summed E-state index contributed by atoms with van der Waals surface area (Å²) in [7, 11) is 0. The van der Waals surface area contributed by atoms with E-state index in [4.69, 9.17) is 9.26 Å². The van der Waals surface area contributed by atoms with Gasteiger partial charge in [0.1, 0.15) is 0 Å². The minimum Gasteiger partial charge on any atom is -0.480 e. The van der Waals surface area contributed by atoms with Gasteiger partial charge in [-0.3, -0.25) is 4.68 Å². The topological polar surface area (TPSA) is 66.0 Å². The zero-order chi connectivity index (χ0) is 13.1. The van der Waals surface area contributed by atoms with Crippen LogP contribution in [0.4, 0.5) is 0 Å². The van der Waals surface area contributed by atoms with E-state index in [1.54, 1.807) is 6.20 Å². The number of aromatic nitrogens is 4. The summed E-state index contributed by atoms with van der Waals surface area (Å²) in [5.41, 5.74) is 0. The lowest BCUT2D eigenvalue weighted by atomic mass is 10.2. The molecule has 0 amide bonds. The van der Waals surface area contributed by atoms with Crippen LogP contribution in [0.2, 0.25) is 0 Å². The Morgan fingerprint density at radius 1 is 1.33 bits per heavy atom. The molecular formula is C12H18N4O2. The average molecular weight is 250 g/mol. The fourth-order valence-corrected chi connectivity index (χ4v) is 1.38. The van der Waals surface area contributed by atoms with Crippen LogP contribution in [-0.4, -0.2) is 19.9 Å². The summed E-state index contributed by atoms with van der Waals surface area (Å²) in [4.78, 5) is 4.24. The van der Waals surface area contributed by atoms with Gasteiger partial charge in [0.15, 0.2) is 18.2 Å². The van der Waals surface area contributed by atoms with Crippen molar-refractivity contribution >= 4 is 0 Å². The van der Waals surface area contributed by atoms with E-state index in [9.17, 15) is 0 Å². The van der Waals surface area contributed by atoms with Crippen molar-refractivity contribution < 1.29 is 9.26 Å². The molecule has 0 saturated heterocycles. The monoisotopic (exact) mass is 250 g/mol. The molecule has 2 heterocycles. The SMILES string of the molecule is CC(C)c1noc(COc2cnn(C(C)C)c2)n1. The third kappa shape index (κ3) is 2.88. The molecule has 0 aliphatic heterocycles. The quantitative estimate of drug-likeness (QED) is 0.815. The molecule has 2 rings (SSSR count). The van der Waals surface area contributed by atoms with Crippen LogP contribution in [0.5, 0.6) is 5.75 Å². The first-order valence-corrected chi connectivity index (χ1v) is 6.05. The molecule has 2 aromatic heterocycles. The third-order valence-corrected chi connectivity index (χ3v) is 2.47. The molecule has 0 atom stereocenters. The molecule has 0 aromatic carbocycles. The van der Waals surface area contributed by atoms with E-state index in [1.165, 1.54) is 0 Å². The van der Waals surface area contributed by atoms with Crippen LogP contribution in [-0.2, 0) is 6.61 Å². The van der Waals surface area contributed by atoms with E-state index in [0.717, 1.165) is 0 Å². The molecule has 2 aromatic rings. The Bertz CT molecular complexity index is 455. The van der Waals surface area contributed by atoms with Crippen LogP contribution in [0.3, 0.4) is 0 Å². The molecule has 0 unspecified atom stereocenters. The maximum atomic E-state index is 5.54. The summed E-state index contributed by atoms with van der Waals surface area (Å²) < 4.78 is 12.5. The van der Waals surface area contributed by atoms with Gasteiger partial charge in [0.2, 0.25) is 0 Å². The number of nitrogens with zero attached hydrogens (tertiary/aromatic N) is 4. The van der Waals surface area contributed by atoms with Crippen LogP contribution in [0.25, 0.3) is 0 Å². The summed E-state index contributed by atoms with van der Waals surface area (Å²) >= 11 is 0. The van der Waals surface area contributed by atoms with E-state index < -0.39 is 0 Å². The van der Waals surface area contributed by atoms with Gasteiger partial charge < -0.3 is 9.26 Å². The van der Waals surface area contributed by atoms with Crippen LogP contribution in [0, 0.1) is 0 Å². The van der Waals surface area contributed by atoms with Gasteiger partial charge in [-0.15, -0.1) is 0 Å². The molecule has 0 saturated carbocycles. The average Bonchev–Trinajstić information content (AvgIpc) is 2.95. The molecular weight excluding hydrogens is 232 g/mol. The molecule has 98 valence electrons. The smallest absolute Gasteiger partial charge is 0.264 e. The predicted molar refractivity (Wildman–Crippen MR) is 65.3 cm³/mol. The summed E-state index contributed by atoms with van der Waals surface area (Å²) in [6, 6.07) is 0.318. The van der Waals surface area contributed by atoms with Gasteiger partial charge in [0.25, 0.3) is 5.89 Å². The van der Waals surface area contributed by atoms with E-state index in [0.29, 0.717) is 23.5 Å². The second-order valence-electron chi connectivity index (χ2n) is 4.74. The van der Waals surface area contributed by atoms with Crippen LogP contribution in [0.1, 0.15) is 51.4 Å². The first-order chi connectivity index (χ1) is 8.56. The Morgan fingerprint density at radius 3 is 2.67 bits per heavy atom. The number of rotatable bonds is 5. The Morgan fingerprint density at radius 2 is 2.11 bits per heavy atom. The molecule has 0 aliphatic rings. The van der Waals surface area contributed by atoms with Crippen molar-refractivity contribution in [2.24, 2.45) is 0 Å². The Balaban J connectivity index is 1.93. The number of hydrogen-bond donors (Lipinski definition) is 0.